The third kappa shape index (κ3) is 3.22. The van der Waals surface area contributed by atoms with Crippen molar-refractivity contribution >= 4 is 5.82 Å². The third-order valence-electron chi connectivity index (χ3n) is 3.60. The second-order valence-corrected chi connectivity index (χ2v) is 4.93. The second kappa shape index (κ2) is 6.29. The van der Waals surface area contributed by atoms with Gasteiger partial charge in [0.15, 0.2) is 0 Å². The second-order valence-electron chi connectivity index (χ2n) is 4.93. The zero-order valence-corrected chi connectivity index (χ0v) is 11.6. The molecule has 2 heterocycles. The zero-order chi connectivity index (χ0) is 13.8. The first-order valence-electron chi connectivity index (χ1n) is 6.67. The first-order valence-corrected chi connectivity index (χ1v) is 6.67. The minimum absolute atomic E-state index is 0.00963. The summed E-state index contributed by atoms with van der Waals surface area (Å²) in [6, 6.07) is 1.88. The van der Waals surface area contributed by atoms with Gasteiger partial charge in [-0.05, 0) is 25.1 Å². The van der Waals surface area contributed by atoms with Crippen LogP contribution in [0.1, 0.15) is 24.1 Å². The third-order valence-corrected chi connectivity index (χ3v) is 3.60. The Hall–Kier alpha value is -1.21. The van der Waals surface area contributed by atoms with Gasteiger partial charge in [-0.1, -0.05) is 6.92 Å². The highest BCUT2D eigenvalue weighted by Crippen LogP contribution is 2.25. The molecular weight excluding hydrogens is 242 g/mol. The lowest BCUT2D eigenvalue weighted by molar-refractivity contribution is -0.0455. The van der Waals surface area contributed by atoms with E-state index < -0.39 is 0 Å². The molecule has 1 aliphatic heterocycles. The molecule has 0 spiro atoms. The Kier molecular flexibility index (Phi) is 4.71. The molecule has 2 unspecified atom stereocenters. The monoisotopic (exact) mass is 265 g/mol. The number of ether oxygens (including phenoxy) is 1. The minimum atomic E-state index is -0.137. The molecule has 1 aromatic heterocycles. The van der Waals surface area contributed by atoms with Gasteiger partial charge in [0.2, 0.25) is 0 Å². The Labute approximate surface area is 114 Å². The molecule has 6 nitrogen and oxygen atoms in total. The summed E-state index contributed by atoms with van der Waals surface area (Å²) in [6.07, 6.45) is 1.75. The molecule has 0 amide bonds. The number of hydrazine groups is 1. The van der Waals surface area contributed by atoms with Gasteiger partial charge in [-0.15, -0.1) is 0 Å². The van der Waals surface area contributed by atoms with Gasteiger partial charge in [-0.3, -0.25) is 16.2 Å². The Morgan fingerprint density at radius 3 is 3.11 bits per heavy atom. The number of nitrogen functional groups attached to an aromatic ring is 1. The molecule has 1 aliphatic rings. The van der Waals surface area contributed by atoms with Crippen molar-refractivity contribution in [3.63, 3.8) is 0 Å². The Balaban J connectivity index is 2.21. The number of nitrogens with two attached hydrogens (primary N) is 2. The molecule has 2 rings (SSSR count). The number of nitrogens with one attached hydrogen (secondary N) is 1. The lowest BCUT2D eigenvalue weighted by Gasteiger charge is -2.36. The molecule has 0 bridgehead atoms. The van der Waals surface area contributed by atoms with Gasteiger partial charge in [0.05, 0.1) is 18.8 Å². The van der Waals surface area contributed by atoms with Crippen LogP contribution >= 0.6 is 0 Å². The van der Waals surface area contributed by atoms with Gasteiger partial charge in [-0.2, -0.15) is 0 Å². The molecule has 19 heavy (non-hydrogen) atoms. The van der Waals surface area contributed by atoms with E-state index in [2.05, 4.69) is 22.2 Å². The summed E-state index contributed by atoms with van der Waals surface area (Å²) >= 11 is 0. The number of rotatable bonds is 4. The first-order chi connectivity index (χ1) is 9.15. The van der Waals surface area contributed by atoms with Gasteiger partial charge in [0.25, 0.3) is 0 Å². The quantitative estimate of drug-likeness (QED) is 0.532. The van der Waals surface area contributed by atoms with Crippen LogP contribution in [0.5, 0.6) is 0 Å². The zero-order valence-electron chi connectivity index (χ0n) is 11.6. The molecule has 0 radical (unpaired) electrons. The van der Waals surface area contributed by atoms with Crippen molar-refractivity contribution in [2.75, 3.05) is 32.0 Å². The predicted molar refractivity (Wildman–Crippen MR) is 75.3 cm³/mol. The highest BCUT2D eigenvalue weighted by Gasteiger charge is 2.29. The van der Waals surface area contributed by atoms with E-state index in [0.29, 0.717) is 5.82 Å². The molecule has 0 aromatic carbocycles. The maximum atomic E-state index is 5.96. The van der Waals surface area contributed by atoms with Crippen LogP contribution in [0, 0.1) is 6.92 Å². The van der Waals surface area contributed by atoms with Gasteiger partial charge in [0, 0.05) is 24.8 Å². The summed E-state index contributed by atoms with van der Waals surface area (Å²) in [7, 11) is 0. The predicted octanol–water partition coefficient (Wildman–Crippen LogP) is 0.197. The van der Waals surface area contributed by atoms with Crippen LogP contribution in [0.25, 0.3) is 0 Å². The van der Waals surface area contributed by atoms with Crippen LogP contribution in [0.4, 0.5) is 5.82 Å². The van der Waals surface area contributed by atoms with Gasteiger partial charge < -0.3 is 10.5 Å². The number of morpholine rings is 1. The molecule has 0 saturated carbocycles. The van der Waals surface area contributed by atoms with Gasteiger partial charge in [0.1, 0.15) is 5.82 Å². The summed E-state index contributed by atoms with van der Waals surface area (Å²) in [6.45, 7) is 7.68. The van der Waals surface area contributed by atoms with E-state index in [-0.39, 0.29) is 12.1 Å². The van der Waals surface area contributed by atoms with Crippen LogP contribution in [0.2, 0.25) is 0 Å². The van der Waals surface area contributed by atoms with E-state index in [1.807, 2.05) is 13.0 Å². The van der Waals surface area contributed by atoms with Crippen molar-refractivity contribution in [3.05, 3.63) is 23.4 Å². The van der Waals surface area contributed by atoms with Crippen molar-refractivity contribution in [2.24, 2.45) is 5.84 Å². The number of aromatic nitrogens is 1. The Bertz CT molecular complexity index is 425. The number of pyridine rings is 1. The average molecular weight is 265 g/mol. The molecule has 2 atom stereocenters. The molecular formula is C13H23N5O. The van der Waals surface area contributed by atoms with E-state index in [1.165, 1.54) is 0 Å². The first kappa shape index (κ1) is 14.2. The topological polar surface area (TPSA) is 89.4 Å². The fraction of sp³-hybridized carbons (Fsp3) is 0.615. The number of anilines is 1. The molecule has 1 fully saturated rings. The molecule has 6 heteroatoms. The maximum Gasteiger partial charge on any atom is 0.128 e. The number of likely N-dealkylation sites (N-methyl/N-ethyl adjacent to an activating group) is 1. The lowest BCUT2D eigenvalue weighted by atomic mass is 10.00. The summed E-state index contributed by atoms with van der Waals surface area (Å²) < 4.78 is 5.84. The van der Waals surface area contributed by atoms with Crippen LogP contribution < -0.4 is 17.0 Å². The van der Waals surface area contributed by atoms with E-state index in [9.17, 15) is 0 Å². The molecule has 1 saturated heterocycles. The summed E-state index contributed by atoms with van der Waals surface area (Å²) in [5.41, 5.74) is 10.8. The Morgan fingerprint density at radius 2 is 2.42 bits per heavy atom. The van der Waals surface area contributed by atoms with Gasteiger partial charge in [-0.25, -0.2) is 4.98 Å². The smallest absolute Gasteiger partial charge is 0.128 e. The highest BCUT2D eigenvalue weighted by molar-refractivity contribution is 5.43. The van der Waals surface area contributed by atoms with Crippen molar-refractivity contribution in [1.29, 1.82) is 0 Å². The van der Waals surface area contributed by atoms with Crippen LogP contribution in [0.3, 0.4) is 0 Å². The fourth-order valence-electron chi connectivity index (χ4n) is 2.47. The molecule has 106 valence electrons. The number of nitrogens with zero attached hydrogens (tertiary/aromatic N) is 2. The highest BCUT2D eigenvalue weighted by atomic mass is 16.5. The SMILES string of the molecule is CCN1CCOC(C(NN)c2cc(C)cnc2N)C1. The van der Waals surface area contributed by atoms with Gasteiger partial charge >= 0.3 is 0 Å². The number of hydrogen-bond acceptors (Lipinski definition) is 6. The van der Waals surface area contributed by atoms with Crippen LogP contribution in [0.15, 0.2) is 12.3 Å². The normalized spacial score (nSPS) is 22.4. The largest absolute Gasteiger partial charge is 0.383 e. The standard InChI is InChI=1S/C13H23N5O/c1-3-18-4-5-19-11(8-18)12(17-15)10-6-9(2)7-16-13(10)14/h6-7,11-12,17H,3-5,8,15H2,1-2H3,(H2,14,16). The lowest BCUT2D eigenvalue weighted by Crippen LogP contribution is -2.49. The summed E-state index contributed by atoms with van der Waals surface area (Å²) in [5, 5.41) is 0. The fourth-order valence-corrected chi connectivity index (χ4v) is 2.47. The summed E-state index contributed by atoms with van der Waals surface area (Å²) in [5.74, 6) is 6.21. The summed E-state index contributed by atoms with van der Waals surface area (Å²) in [4.78, 5) is 6.54. The van der Waals surface area contributed by atoms with Crippen molar-refractivity contribution in [1.82, 2.24) is 15.3 Å². The number of hydrogen-bond donors (Lipinski definition) is 3. The van der Waals surface area contributed by atoms with Crippen molar-refractivity contribution in [3.8, 4) is 0 Å². The van der Waals surface area contributed by atoms with E-state index in [4.69, 9.17) is 16.3 Å². The Morgan fingerprint density at radius 1 is 1.63 bits per heavy atom. The molecule has 1 aromatic rings. The maximum absolute atomic E-state index is 5.96. The molecule has 0 aliphatic carbocycles. The van der Waals surface area contributed by atoms with E-state index in [0.717, 1.165) is 37.4 Å². The van der Waals surface area contributed by atoms with E-state index in [1.54, 1.807) is 6.20 Å². The van der Waals surface area contributed by atoms with Crippen LogP contribution in [-0.4, -0.2) is 42.2 Å². The molecule has 5 N–H and O–H groups in total. The van der Waals surface area contributed by atoms with E-state index >= 15 is 0 Å². The average Bonchev–Trinajstić information content (AvgIpc) is 2.44. The van der Waals surface area contributed by atoms with Crippen molar-refractivity contribution < 1.29 is 4.74 Å². The van der Waals surface area contributed by atoms with Crippen LogP contribution in [-0.2, 0) is 4.74 Å². The minimum Gasteiger partial charge on any atom is -0.383 e. The number of aryl methyl sites for hydroxylation is 1. The van der Waals surface area contributed by atoms with Crippen molar-refractivity contribution in [2.45, 2.75) is 26.0 Å².